The van der Waals surface area contributed by atoms with Crippen molar-refractivity contribution >= 4 is 15.7 Å². The number of nitrogen functional groups attached to an aromatic ring is 1. The lowest BCUT2D eigenvalue weighted by molar-refractivity contribution is 0.551. The van der Waals surface area contributed by atoms with E-state index < -0.39 is 10.0 Å². The van der Waals surface area contributed by atoms with Crippen molar-refractivity contribution in [1.29, 1.82) is 0 Å². The maximum absolute atomic E-state index is 12.0. The fourth-order valence-electron chi connectivity index (χ4n) is 1.47. The summed E-state index contributed by atoms with van der Waals surface area (Å²) in [7, 11) is -3.44. The second kappa shape index (κ2) is 5.51. The van der Waals surface area contributed by atoms with Gasteiger partial charge in [-0.25, -0.2) is 13.1 Å². The maximum atomic E-state index is 12.0. The van der Waals surface area contributed by atoms with Gasteiger partial charge in [-0.1, -0.05) is 19.9 Å². The van der Waals surface area contributed by atoms with Crippen LogP contribution in [0, 0.1) is 12.8 Å². The predicted molar refractivity (Wildman–Crippen MR) is 70.2 cm³/mol. The van der Waals surface area contributed by atoms with Gasteiger partial charge in [0.2, 0.25) is 10.0 Å². The van der Waals surface area contributed by atoms with E-state index in [9.17, 15) is 8.42 Å². The van der Waals surface area contributed by atoms with E-state index in [4.69, 9.17) is 5.73 Å². The van der Waals surface area contributed by atoms with Crippen LogP contribution in [0.5, 0.6) is 0 Å². The quantitative estimate of drug-likeness (QED) is 0.790. The van der Waals surface area contributed by atoms with Gasteiger partial charge in [0.25, 0.3) is 0 Å². The Bertz CT molecular complexity index is 481. The molecule has 0 heterocycles. The number of hydrogen-bond acceptors (Lipinski definition) is 3. The summed E-state index contributed by atoms with van der Waals surface area (Å²) in [5.74, 6) is 0.472. The second-order valence-electron chi connectivity index (χ2n) is 4.61. The number of nitrogens with two attached hydrogens (primary N) is 1. The first-order chi connectivity index (χ1) is 7.83. The predicted octanol–water partition coefficient (Wildman–Crippen LogP) is 1.90. The molecule has 0 amide bonds. The first kappa shape index (κ1) is 14.0. The van der Waals surface area contributed by atoms with E-state index in [2.05, 4.69) is 18.6 Å². The lowest BCUT2D eigenvalue weighted by atomic mass is 10.1. The molecule has 0 saturated carbocycles. The molecular formula is C12H20N2O2S. The fourth-order valence-corrected chi connectivity index (χ4v) is 2.79. The number of sulfonamides is 1. The average Bonchev–Trinajstić information content (AvgIpc) is 2.20. The summed E-state index contributed by atoms with van der Waals surface area (Å²) in [5, 5.41) is 0. The van der Waals surface area contributed by atoms with Gasteiger partial charge < -0.3 is 5.73 Å². The molecule has 17 heavy (non-hydrogen) atoms. The largest absolute Gasteiger partial charge is 0.399 e. The third kappa shape index (κ3) is 4.02. The zero-order valence-electron chi connectivity index (χ0n) is 10.5. The van der Waals surface area contributed by atoms with Crippen molar-refractivity contribution in [3.05, 3.63) is 23.8 Å². The summed E-state index contributed by atoms with van der Waals surface area (Å²) < 4.78 is 26.6. The van der Waals surface area contributed by atoms with E-state index in [1.165, 1.54) is 6.07 Å². The molecule has 5 heteroatoms. The van der Waals surface area contributed by atoms with Crippen LogP contribution in [0.2, 0.25) is 0 Å². The van der Waals surface area contributed by atoms with E-state index in [1.54, 1.807) is 19.1 Å². The molecule has 0 saturated heterocycles. The van der Waals surface area contributed by atoms with E-state index in [1.807, 2.05) is 0 Å². The highest BCUT2D eigenvalue weighted by molar-refractivity contribution is 7.89. The molecule has 0 spiro atoms. The molecule has 96 valence electrons. The van der Waals surface area contributed by atoms with Crippen LogP contribution in [0.3, 0.4) is 0 Å². The number of aryl methyl sites for hydroxylation is 1. The number of hydrogen-bond donors (Lipinski definition) is 2. The summed E-state index contributed by atoms with van der Waals surface area (Å²) in [4.78, 5) is 0.265. The number of rotatable bonds is 5. The minimum absolute atomic E-state index is 0.265. The molecule has 1 aromatic carbocycles. The Balaban J connectivity index is 2.86. The van der Waals surface area contributed by atoms with E-state index >= 15 is 0 Å². The van der Waals surface area contributed by atoms with Crippen molar-refractivity contribution in [1.82, 2.24) is 4.72 Å². The average molecular weight is 256 g/mol. The molecule has 0 unspecified atom stereocenters. The highest BCUT2D eigenvalue weighted by Crippen LogP contribution is 2.18. The molecule has 0 aliphatic rings. The van der Waals surface area contributed by atoms with Crippen molar-refractivity contribution in [2.45, 2.75) is 32.1 Å². The third-order valence-corrected chi connectivity index (χ3v) is 4.12. The molecule has 0 atom stereocenters. The third-order valence-electron chi connectivity index (χ3n) is 2.52. The van der Waals surface area contributed by atoms with Gasteiger partial charge >= 0.3 is 0 Å². The van der Waals surface area contributed by atoms with Gasteiger partial charge in [0, 0.05) is 12.2 Å². The molecule has 1 aromatic rings. The highest BCUT2D eigenvalue weighted by atomic mass is 32.2. The fraction of sp³-hybridized carbons (Fsp3) is 0.500. The van der Waals surface area contributed by atoms with Gasteiger partial charge in [0.1, 0.15) is 0 Å². The summed E-state index contributed by atoms with van der Waals surface area (Å²) >= 11 is 0. The zero-order valence-corrected chi connectivity index (χ0v) is 11.3. The topological polar surface area (TPSA) is 72.2 Å². The Morgan fingerprint density at radius 3 is 2.59 bits per heavy atom. The molecule has 0 aromatic heterocycles. The smallest absolute Gasteiger partial charge is 0.240 e. The lowest BCUT2D eigenvalue weighted by Gasteiger charge is -2.10. The number of nitrogens with one attached hydrogen (secondary N) is 1. The Morgan fingerprint density at radius 1 is 1.35 bits per heavy atom. The van der Waals surface area contributed by atoms with Crippen molar-refractivity contribution in [2.75, 3.05) is 12.3 Å². The highest BCUT2D eigenvalue weighted by Gasteiger charge is 2.16. The molecule has 4 nitrogen and oxygen atoms in total. The van der Waals surface area contributed by atoms with E-state index in [0.29, 0.717) is 23.7 Å². The minimum atomic E-state index is -3.44. The minimum Gasteiger partial charge on any atom is -0.399 e. The summed E-state index contributed by atoms with van der Waals surface area (Å²) in [6, 6.07) is 4.90. The molecule has 1 rings (SSSR count). The normalized spacial score (nSPS) is 12.0. The van der Waals surface area contributed by atoms with Crippen LogP contribution in [0.25, 0.3) is 0 Å². The standard InChI is InChI=1S/C12H20N2O2S/c1-9(2)6-7-14-17(15,16)12-8-11(13)5-4-10(12)3/h4-5,8-9,14H,6-7,13H2,1-3H3. The van der Waals surface area contributed by atoms with Crippen LogP contribution in [0.1, 0.15) is 25.8 Å². The number of anilines is 1. The Morgan fingerprint density at radius 2 is 2.00 bits per heavy atom. The maximum Gasteiger partial charge on any atom is 0.240 e. The van der Waals surface area contributed by atoms with E-state index in [-0.39, 0.29) is 4.90 Å². The van der Waals surface area contributed by atoms with E-state index in [0.717, 1.165) is 6.42 Å². The SMILES string of the molecule is Cc1ccc(N)cc1S(=O)(=O)NCCC(C)C. The number of benzene rings is 1. The molecule has 0 bridgehead atoms. The summed E-state index contributed by atoms with van der Waals surface area (Å²) in [6.45, 7) is 6.32. The van der Waals surface area contributed by atoms with Crippen LogP contribution >= 0.6 is 0 Å². The van der Waals surface area contributed by atoms with Crippen LogP contribution in [0.4, 0.5) is 5.69 Å². The van der Waals surface area contributed by atoms with Gasteiger partial charge in [-0.2, -0.15) is 0 Å². The van der Waals surface area contributed by atoms with Gasteiger partial charge in [-0.3, -0.25) is 0 Å². The molecular weight excluding hydrogens is 236 g/mol. The second-order valence-corrected chi connectivity index (χ2v) is 6.34. The lowest BCUT2D eigenvalue weighted by Crippen LogP contribution is -2.26. The molecule has 0 aliphatic heterocycles. The van der Waals surface area contributed by atoms with Gasteiger partial charge in [-0.15, -0.1) is 0 Å². The van der Waals surface area contributed by atoms with Gasteiger partial charge in [0.15, 0.2) is 0 Å². The summed E-state index contributed by atoms with van der Waals surface area (Å²) in [5.41, 5.74) is 6.77. The van der Waals surface area contributed by atoms with Crippen LogP contribution in [-0.2, 0) is 10.0 Å². The molecule has 0 radical (unpaired) electrons. The van der Waals surface area contributed by atoms with Crippen LogP contribution in [-0.4, -0.2) is 15.0 Å². The van der Waals surface area contributed by atoms with Crippen molar-refractivity contribution in [3.63, 3.8) is 0 Å². The Labute approximate surface area is 103 Å². The van der Waals surface area contributed by atoms with Crippen molar-refractivity contribution in [2.24, 2.45) is 5.92 Å². The molecule has 0 fully saturated rings. The van der Waals surface area contributed by atoms with Gasteiger partial charge in [0.05, 0.1) is 4.90 Å². The molecule has 0 aliphatic carbocycles. The Hall–Kier alpha value is -1.07. The Kier molecular flexibility index (Phi) is 4.54. The first-order valence-corrected chi connectivity index (χ1v) is 7.17. The zero-order chi connectivity index (χ0) is 13.1. The van der Waals surface area contributed by atoms with Gasteiger partial charge in [-0.05, 0) is 37.0 Å². The first-order valence-electron chi connectivity index (χ1n) is 5.68. The summed E-state index contributed by atoms with van der Waals surface area (Å²) in [6.07, 6.45) is 0.820. The van der Waals surface area contributed by atoms with Crippen LogP contribution in [0.15, 0.2) is 23.1 Å². The van der Waals surface area contributed by atoms with Crippen molar-refractivity contribution in [3.8, 4) is 0 Å². The monoisotopic (exact) mass is 256 g/mol. The molecule has 3 N–H and O–H groups in total. The van der Waals surface area contributed by atoms with Crippen molar-refractivity contribution < 1.29 is 8.42 Å². The van der Waals surface area contributed by atoms with Crippen LogP contribution < -0.4 is 10.5 Å².